The highest BCUT2D eigenvalue weighted by Crippen LogP contribution is 2.22. The Kier molecular flexibility index (Phi) is 3.54. The number of tetrazole rings is 1. The standard InChI is InChI=1S/C15H14N6O3/c1-9-17-19-20-21(9)11-4-2-3-10(7-11)16-15(22)14-12-8-23-6-5-13(12)24-18-14/h2-4,7H,5-6,8H2,1H3,(H,16,22). The van der Waals surface area contributed by atoms with Crippen molar-refractivity contribution in [2.75, 3.05) is 11.9 Å². The first-order valence-electron chi connectivity index (χ1n) is 7.44. The van der Waals surface area contributed by atoms with Gasteiger partial charge in [0.15, 0.2) is 11.5 Å². The molecule has 0 unspecified atom stereocenters. The van der Waals surface area contributed by atoms with Crippen LogP contribution >= 0.6 is 0 Å². The van der Waals surface area contributed by atoms with E-state index in [-0.39, 0.29) is 11.6 Å². The lowest BCUT2D eigenvalue weighted by Gasteiger charge is -2.11. The molecule has 1 aromatic carbocycles. The molecule has 0 saturated carbocycles. The summed E-state index contributed by atoms with van der Waals surface area (Å²) in [4.78, 5) is 12.5. The van der Waals surface area contributed by atoms with Gasteiger partial charge in [-0.2, -0.15) is 4.68 Å². The number of carbonyl (C=O) groups excluding carboxylic acids is 1. The van der Waals surface area contributed by atoms with Gasteiger partial charge in [0.2, 0.25) is 0 Å². The minimum Gasteiger partial charge on any atom is -0.376 e. The van der Waals surface area contributed by atoms with E-state index in [1.807, 2.05) is 12.1 Å². The number of hydrogen-bond donors (Lipinski definition) is 1. The van der Waals surface area contributed by atoms with Crippen LogP contribution in [0.3, 0.4) is 0 Å². The van der Waals surface area contributed by atoms with E-state index < -0.39 is 0 Å². The zero-order valence-electron chi connectivity index (χ0n) is 12.9. The van der Waals surface area contributed by atoms with Crippen molar-refractivity contribution >= 4 is 11.6 Å². The largest absolute Gasteiger partial charge is 0.376 e. The van der Waals surface area contributed by atoms with Crippen LogP contribution in [0.1, 0.15) is 27.6 Å². The summed E-state index contributed by atoms with van der Waals surface area (Å²) in [5.74, 6) is 1.03. The molecule has 24 heavy (non-hydrogen) atoms. The summed E-state index contributed by atoms with van der Waals surface area (Å²) in [5, 5.41) is 18.1. The Balaban J connectivity index is 1.58. The summed E-state index contributed by atoms with van der Waals surface area (Å²) in [5.41, 5.74) is 2.33. The van der Waals surface area contributed by atoms with Gasteiger partial charge in [0.05, 0.1) is 24.5 Å². The van der Waals surface area contributed by atoms with Crippen LogP contribution in [0.5, 0.6) is 0 Å². The quantitative estimate of drug-likeness (QED) is 0.772. The van der Waals surface area contributed by atoms with E-state index >= 15 is 0 Å². The van der Waals surface area contributed by atoms with E-state index in [4.69, 9.17) is 9.26 Å². The molecule has 4 rings (SSSR count). The second-order valence-corrected chi connectivity index (χ2v) is 5.38. The number of nitrogens with one attached hydrogen (secondary N) is 1. The second-order valence-electron chi connectivity index (χ2n) is 5.38. The number of nitrogens with zero attached hydrogens (tertiary/aromatic N) is 5. The van der Waals surface area contributed by atoms with Gasteiger partial charge in [-0.1, -0.05) is 11.2 Å². The molecule has 0 atom stereocenters. The molecule has 9 nitrogen and oxygen atoms in total. The summed E-state index contributed by atoms with van der Waals surface area (Å²) in [6.07, 6.45) is 0.629. The summed E-state index contributed by atoms with van der Waals surface area (Å²) >= 11 is 0. The minimum atomic E-state index is -0.337. The first-order chi connectivity index (χ1) is 11.7. The van der Waals surface area contributed by atoms with E-state index in [0.29, 0.717) is 42.5 Å². The maximum absolute atomic E-state index is 12.5. The lowest BCUT2D eigenvalue weighted by Crippen LogP contribution is -2.17. The van der Waals surface area contributed by atoms with Gasteiger partial charge in [-0.25, -0.2) is 0 Å². The highest BCUT2D eigenvalue weighted by atomic mass is 16.5. The minimum absolute atomic E-state index is 0.258. The molecule has 1 amide bonds. The van der Waals surface area contributed by atoms with Gasteiger partial charge >= 0.3 is 0 Å². The molecule has 0 fully saturated rings. The van der Waals surface area contributed by atoms with Crippen LogP contribution < -0.4 is 5.32 Å². The normalized spacial score (nSPS) is 13.5. The molecule has 0 radical (unpaired) electrons. The zero-order chi connectivity index (χ0) is 16.5. The summed E-state index contributed by atoms with van der Waals surface area (Å²) in [6.45, 7) is 2.72. The van der Waals surface area contributed by atoms with Gasteiger partial charge in [0.25, 0.3) is 5.91 Å². The van der Waals surface area contributed by atoms with Crippen molar-refractivity contribution in [2.24, 2.45) is 0 Å². The van der Waals surface area contributed by atoms with Crippen LogP contribution in [0.15, 0.2) is 28.8 Å². The van der Waals surface area contributed by atoms with E-state index in [2.05, 4.69) is 26.0 Å². The molecule has 9 heteroatoms. The number of rotatable bonds is 3. The van der Waals surface area contributed by atoms with Crippen LogP contribution in [0, 0.1) is 6.92 Å². The molecule has 0 aliphatic carbocycles. The van der Waals surface area contributed by atoms with Gasteiger partial charge in [-0.05, 0) is 35.5 Å². The van der Waals surface area contributed by atoms with Crippen LogP contribution in [0.2, 0.25) is 0 Å². The van der Waals surface area contributed by atoms with E-state index in [0.717, 1.165) is 5.69 Å². The monoisotopic (exact) mass is 326 g/mol. The van der Waals surface area contributed by atoms with E-state index in [1.54, 1.807) is 23.7 Å². The Hall–Kier alpha value is -3.07. The van der Waals surface area contributed by atoms with Crippen LogP contribution in [0.25, 0.3) is 5.69 Å². The molecule has 1 aliphatic heterocycles. The number of amides is 1. The Morgan fingerprint density at radius 3 is 3.12 bits per heavy atom. The number of carbonyl (C=O) groups is 1. The fraction of sp³-hybridized carbons (Fsp3) is 0.267. The number of fused-ring (bicyclic) bond motifs is 1. The number of aryl methyl sites for hydroxylation is 1. The van der Waals surface area contributed by atoms with Crippen molar-refractivity contribution in [1.82, 2.24) is 25.4 Å². The second kappa shape index (κ2) is 5.85. The van der Waals surface area contributed by atoms with Crippen LogP contribution in [-0.4, -0.2) is 37.9 Å². The third kappa shape index (κ3) is 2.54. The zero-order valence-corrected chi connectivity index (χ0v) is 12.9. The van der Waals surface area contributed by atoms with Crippen molar-refractivity contribution in [1.29, 1.82) is 0 Å². The third-order valence-electron chi connectivity index (χ3n) is 3.78. The van der Waals surface area contributed by atoms with E-state index in [1.165, 1.54) is 0 Å². The van der Waals surface area contributed by atoms with Crippen molar-refractivity contribution in [3.8, 4) is 5.69 Å². The van der Waals surface area contributed by atoms with E-state index in [9.17, 15) is 4.79 Å². The molecule has 1 aliphatic rings. The predicted molar refractivity (Wildman–Crippen MR) is 81.7 cm³/mol. The average molecular weight is 326 g/mol. The summed E-state index contributed by atoms with van der Waals surface area (Å²) < 4.78 is 12.2. The molecular weight excluding hydrogens is 312 g/mol. The number of anilines is 1. The maximum Gasteiger partial charge on any atom is 0.278 e. The fourth-order valence-electron chi connectivity index (χ4n) is 2.58. The molecular formula is C15H14N6O3. The Morgan fingerprint density at radius 2 is 2.29 bits per heavy atom. The number of ether oxygens (including phenoxy) is 1. The van der Waals surface area contributed by atoms with Crippen molar-refractivity contribution < 1.29 is 14.1 Å². The number of hydrogen-bond acceptors (Lipinski definition) is 7. The van der Waals surface area contributed by atoms with Gasteiger partial charge in [0.1, 0.15) is 5.76 Å². The maximum atomic E-state index is 12.5. The van der Waals surface area contributed by atoms with Crippen molar-refractivity contribution in [2.45, 2.75) is 20.0 Å². The first-order valence-corrected chi connectivity index (χ1v) is 7.44. The van der Waals surface area contributed by atoms with Gasteiger partial charge in [0, 0.05) is 12.1 Å². The molecule has 122 valence electrons. The highest BCUT2D eigenvalue weighted by molar-refractivity contribution is 6.04. The van der Waals surface area contributed by atoms with Gasteiger partial charge in [-0.15, -0.1) is 5.10 Å². The number of aromatic nitrogens is 5. The fourth-order valence-corrected chi connectivity index (χ4v) is 2.58. The third-order valence-corrected chi connectivity index (χ3v) is 3.78. The molecule has 3 heterocycles. The molecule has 2 aromatic heterocycles. The molecule has 0 spiro atoms. The molecule has 0 bridgehead atoms. The smallest absolute Gasteiger partial charge is 0.278 e. The Bertz CT molecular complexity index is 900. The van der Waals surface area contributed by atoms with Crippen LogP contribution in [0.4, 0.5) is 5.69 Å². The molecule has 0 saturated heterocycles. The molecule has 3 aromatic rings. The highest BCUT2D eigenvalue weighted by Gasteiger charge is 2.24. The number of benzene rings is 1. The van der Waals surface area contributed by atoms with Crippen molar-refractivity contribution in [3.05, 3.63) is 47.1 Å². The predicted octanol–water partition coefficient (Wildman–Crippen LogP) is 1.28. The topological polar surface area (TPSA) is 108 Å². The van der Waals surface area contributed by atoms with Crippen LogP contribution in [-0.2, 0) is 17.8 Å². The summed E-state index contributed by atoms with van der Waals surface area (Å²) in [6, 6.07) is 7.23. The lowest BCUT2D eigenvalue weighted by molar-refractivity contribution is 0.0976. The average Bonchev–Trinajstić information content (AvgIpc) is 3.21. The SMILES string of the molecule is Cc1nnnn1-c1cccc(NC(=O)c2noc3c2COCC3)c1. The first kappa shape index (κ1) is 14.5. The van der Waals surface area contributed by atoms with Crippen molar-refractivity contribution in [3.63, 3.8) is 0 Å². The van der Waals surface area contributed by atoms with Gasteiger partial charge < -0.3 is 14.6 Å². The summed E-state index contributed by atoms with van der Waals surface area (Å²) in [7, 11) is 0. The Morgan fingerprint density at radius 1 is 1.38 bits per heavy atom. The molecule has 1 N–H and O–H groups in total. The Labute approximate surface area is 136 Å². The lowest BCUT2D eigenvalue weighted by atomic mass is 10.1. The van der Waals surface area contributed by atoms with Gasteiger partial charge in [-0.3, -0.25) is 4.79 Å².